The number of nitrogens with one attached hydrogen (secondary N) is 2. The topological polar surface area (TPSA) is 92.3 Å². The Morgan fingerprint density at radius 3 is 3.11 bits per heavy atom. The van der Waals surface area contributed by atoms with Crippen LogP contribution in [0.5, 0.6) is 0 Å². The second-order valence-electron chi connectivity index (χ2n) is 8.84. The first-order valence-corrected chi connectivity index (χ1v) is 16.4. The van der Waals surface area contributed by atoms with Gasteiger partial charge in [-0.2, -0.15) is 0 Å². The number of benzene rings is 1. The second-order valence-corrected chi connectivity index (χ2v) is 14.1. The van der Waals surface area contributed by atoms with Gasteiger partial charge in [0.1, 0.15) is 0 Å². The van der Waals surface area contributed by atoms with Crippen LogP contribution in [0.3, 0.4) is 0 Å². The van der Waals surface area contributed by atoms with E-state index in [4.69, 9.17) is 4.74 Å². The summed E-state index contributed by atoms with van der Waals surface area (Å²) < 4.78 is 22.0. The van der Waals surface area contributed by atoms with Crippen molar-refractivity contribution >= 4 is 48.3 Å². The van der Waals surface area contributed by atoms with Gasteiger partial charge in [-0.15, -0.1) is 0 Å². The van der Waals surface area contributed by atoms with Crippen molar-refractivity contribution in [3.63, 3.8) is 0 Å². The van der Waals surface area contributed by atoms with Gasteiger partial charge in [0.05, 0.1) is 0 Å². The molecule has 4 aromatic rings. The first kappa shape index (κ1) is 27.3. The minimum absolute atomic E-state index is 0.0585. The van der Waals surface area contributed by atoms with Crippen LogP contribution >= 0.6 is 22.7 Å². The molecule has 2 N–H and O–H groups in total. The molecule has 1 atom stereocenters. The van der Waals surface area contributed by atoms with Crippen molar-refractivity contribution in [2.24, 2.45) is 0 Å². The summed E-state index contributed by atoms with van der Waals surface area (Å²) in [7, 11) is 0. The maximum atomic E-state index is 14.6. The van der Waals surface area contributed by atoms with Crippen LogP contribution in [0.15, 0.2) is 42.2 Å². The number of aromatic nitrogens is 3. The Kier molecular flexibility index (Phi) is 9.49. The maximum absolute atomic E-state index is 14.6. The van der Waals surface area contributed by atoms with Gasteiger partial charge in [-0.25, -0.2) is 0 Å². The first-order valence-electron chi connectivity index (χ1n) is 12.5. The van der Waals surface area contributed by atoms with E-state index >= 15 is 0 Å². The number of hydrogen-bond acceptors (Lipinski definition) is 9. The summed E-state index contributed by atoms with van der Waals surface area (Å²) in [5, 5.41) is 8.35. The minimum atomic E-state index is -0.968. The molecule has 0 radical (unpaired) electrons. The molecule has 8 nitrogen and oxygen atoms in total. The predicted molar refractivity (Wildman–Crippen MR) is 146 cm³/mol. The van der Waals surface area contributed by atoms with Crippen LogP contribution < -0.4 is 31.8 Å². The molecule has 1 aliphatic rings. The average Bonchev–Trinajstić information content (AvgIpc) is 3.66. The van der Waals surface area contributed by atoms with E-state index in [2.05, 4.69) is 30.5 Å². The van der Waals surface area contributed by atoms with Gasteiger partial charge in [-0.05, 0) is 0 Å². The van der Waals surface area contributed by atoms with Crippen LogP contribution in [0.2, 0.25) is 0 Å². The number of likely N-dealkylation sites (tertiary alicyclic amines) is 1. The molecule has 1 fully saturated rings. The van der Waals surface area contributed by atoms with Crippen molar-refractivity contribution in [2.75, 3.05) is 36.9 Å². The number of amides is 1. The second kappa shape index (κ2) is 13.2. The molecule has 1 amide bonds. The zero-order chi connectivity index (χ0) is 26.3. The number of fused-ring (bicyclic) bond motifs is 1. The standard InChI is InChI=1S/C26H29FIN6O2S2/c1-2-36-15-19-4-3-10-34(19)14-17-12-18(5-6-21(17)27)33-25(35)28-26-30-13-20(38-26)7-9-29-24-23-22(8-11-37-23)31-16-32-24/h5-6,8,11-13,16,19H,2-4,7,9-10,14-15H2,1H3,(H,33,35)(H,29,31,32)/q-1/t19-/m0/s1. The first-order chi connectivity index (χ1) is 18.6. The third-order valence-electron chi connectivity index (χ3n) is 6.27. The third kappa shape index (κ3) is 7.03. The van der Waals surface area contributed by atoms with Gasteiger partial charge in [0.25, 0.3) is 0 Å². The Bertz CT molecular complexity index is 1380. The zero-order valence-corrected chi connectivity index (χ0v) is 24.7. The molecule has 202 valence electrons. The van der Waals surface area contributed by atoms with Gasteiger partial charge in [0.15, 0.2) is 0 Å². The van der Waals surface area contributed by atoms with E-state index in [1.807, 2.05) is 24.6 Å². The average molecular weight is 668 g/mol. The van der Waals surface area contributed by atoms with Crippen LogP contribution in [0, 0.1) is 8.83 Å². The Labute approximate surface area is 239 Å². The molecule has 5 rings (SSSR count). The summed E-state index contributed by atoms with van der Waals surface area (Å²) in [5.74, 6) is 0.592. The fourth-order valence-corrected chi connectivity index (χ4v) is 8.68. The molecule has 4 heterocycles. The number of hydrogen-bond donors (Lipinski definition) is 2. The molecule has 0 unspecified atom stereocenters. The molecule has 1 aromatic carbocycles. The molecule has 0 spiro atoms. The predicted octanol–water partition coefficient (Wildman–Crippen LogP) is 2.43. The van der Waals surface area contributed by atoms with Gasteiger partial charge >= 0.3 is 240 Å². The molecule has 1 aliphatic heterocycles. The molecule has 12 heteroatoms. The molecular formula is C26H29FIN6O2S2-. The monoisotopic (exact) mass is 667 g/mol. The van der Waals surface area contributed by atoms with Crippen LogP contribution in [0.25, 0.3) is 10.2 Å². The number of nitrogens with zero attached hydrogens (tertiary/aromatic N) is 4. The Morgan fingerprint density at radius 1 is 1.29 bits per heavy atom. The summed E-state index contributed by atoms with van der Waals surface area (Å²) in [6.07, 6.45) is 6.36. The van der Waals surface area contributed by atoms with E-state index in [0.717, 1.165) is 56.3 Å². The van der Waals surface area contributed by atoms with Crippen molar-refractivity contribution < 1.29 is 35.1 Å². The zero-order valence-electron chi connectivity index (χ0n) is 21.0. The molecule has 3 aromatic heterocycles. The van der Waals surface area contributed by atoms with Crippen molar-refractivity contribution in [3.05, 3.63) is 61.4 Å². The Balaban J connectivity index is 1.12. The Hall–Kier alpha value is -2.26. The molecule has 0 bridgehead atoms. The van der Waals surface area contributed by atoms with E-state index in [0.29, 0.717) is 37.1 Å². The van der Waals surface area contributed by atoms with Crippen LogP contribution in [-0.2, 0) is 17.7 Å². The fourth-order valence-electron chi connectivity index (χ4n) is 4.41. The van der Waals surface area contributed by atoms with E-state index in [1.165, 1.54) is 6.07 Å². The molecule has 0 saturated carbocycles. The molecule has 38 heavy (non-hydrogen) atoms. The van der Waals surface area contributed by atoms with Gasteiger partial charge < -0.3 is 0 Å². The van der Waals surface area contributed by atoms with Gasteiger partial charge in [0.2, 0.25) is 0 Å². The summed E-state index contributed by atoms with van der Waals surface area (Å²) in [5.41, 5.74) is 2.16. The van der Waals surface area contributed by atoms with Gasteiger partial charge in [0, 0.05) is 0 Å². The third-order valence-corrected chi connectivity index (χ3v) is 10.7. The summed E-state index contributed by atoms with van der Waals surface area (Å²) >= 11 is 2.22. The molecule has 1 saturated heterocycles. The van der Waals surface area contributed by atoms with Crippen molar-refractivity contribution in [1.82, 2.24) is 19.9 Å². The van der Waals surface area contributed by atoms with E-state index in [1.54, 1.807) is 41.1 Å². The number of thiophene rings is 1. The quantitative estimate of drug-likeness (QED) is 0.136. The summed E-state index contributed by atoms with van der Waals surface area (Å²) in [4.78, 5) is 29.2. The van der Waals surface area contributed by atoms with Crippen molar-refractivity contribution in [3.8, 4) is 0 Å². The van der Waals surface area contributed by atoms with Gasteiger partial charge in [-0.3, -0.25) is 0 Å². The summed E-state index contributed by atoms with van der Waals surface area (Å²) in [6.45, 7) is 5.50. The number of carbonyl (C=O) groups is 1. The van der Waals surface area contributed by atoms with Crippen LogP contribution in [-0.4, -0.2) is 56.1 Å². The van der Waals surface area contributed by atoms with E-state index < -0.39 is 21.2 Å². The number of rotatable bonds is 12. The number of carbonyl (C=O) groups excluding carboxylic acids is 1. The van der Waals surface area contributed by atoms with Gasteiger partial charge in [-0.1, -0.05) is 0 Å². The van der Waals surface area contributed by atoms with E-state index in [-0.39, 0.29) is 9.73 Å². The number of thiazole rings is 1. The number of anilines is 2. The summed E-state index contributed by atoms with van der Waals surface area (Å²) in [6, 6.07) is 7.11. The molecular weight excluding hydrogens is 638 g/mol. The molecule has 0 aliphatic carbocycles. The normalized spacial score (nSPS) is 15.9. The van der Waals surface area contributed by atoms with Crippen LogP contribution in [0.1, 0.15) is 30.2 Å². The van der Waals surface area contributed by atoms with Crippen LogP contribution in [0.4, 0.5) is 20.7 Å². The Morgan fingerprint density at radius 2 is 2.21 bits per heavy atom. The van der Waals surface area contributed by atoms with E-state index in [9.17, 15) is 9.18 Å². The van der Waals surface area contributed by atoms with Crippen molar-refractivity contribution in [2.45, 2.75) is 38.8 Å². The number of ether oxygens (including phenoxy) is 1. The number of halogens is 2. The van der Waals surface area contributed by atoms with Crippen molar-refractivity contribution in [1.29, 1.82) is 0 Å². The SMILES string of the molecule is CCOC[C@@H]1CCCN1Cc1cc(NC(=O)[I-]c2ncc(CCNc3ncnc4ccsc34)s2)ccc1F. The fraction of sp³-hybridized carbons (Fsp3) is 0.385.